The summed E-state index contributed by atoms with van der Waals surface area (Å²) < 4.78 is 12.3. The van der Waals surface area contributed by atoms with Crippen molar-refractivity contribution in [2.45, 2.75) is 25.4 Å². The number of nitrogens with two attached hydrogens (primary N) is 1. The fraction of sp³-hybridized carbons (Fsp3) is 0.355. The first-order chi connectivity index (χ1) is 21.1. The van der Waals surface area contributed by atoms with Gasteiger partial charge in [0.2, 0.25) is 5.88 Å². The molecule has 43 heavy (non-hydrogen) atoms. The number of aliphatic imine (C=N–C) groups is 1. The van der Waals surface area contributed by atoms with E-state index in [1.807, 2.05) is 30.6 Å². The molecule has 2 aliphatic rings. The summed E-state index contributed by atoms with van der Waals surface area (Å²) in [6.45, 7) is 5.85. The number of hydrogen-bond acceptors (Lipinski definition) is 11. The van der Waals surface area contributed by atoms with Gasteiger partial charge in [0.25, 0.3) is 0 Å². The Morgan fingerprint density at radius 3 is 2.63 bits per heavy atom. The van der Waals surface area contributed by atoms with Crippen LogP contribution in [0, 0.1) is 11.3 Å². The maximum atomic E-state index is 9.77. The summed E-state index contributed by atoms with van der Waals surface area (Å²) in [5.74, 6) is 1.53. The maximum absolute atomic E-state index is 9.77. The van der Waals surface area contributed by atoms with E-state index < -0.39 is 0 Å². The number of allylic oxidation sites excluding steroid dienone is 1. The second-order valence-electron chi connectivity index (χ2n) is 10.6. The molecule has 6 heterocycles. The van der Waals surface area contributed by atoms with E-state index in [1.165, 1.54) is 6.20 Å². The molecule has 2 fully saturated rings. The number of anilines is 1. The number of nitrogens with zero attached hydrogens (tertiary/aromatic N) is 9. The minimum atomic E-state index is 0.194. The minimum absolute atomic E-state index is 0.194. The van der Waals surface area contributed by atoms with Gasteiger partial charge < -0.3 is 20.1 Å². The Morgan fingerprint density at radius 1 is 1.12 bits per heavy atom. The van der Waals surface area contributed by atoms with Crippen LogP contribution in [0.5, 0.6) is 5.88 Å². The van der Waals surface area contributed by atoms with E-state index in [4.69, 9.17) is 30.2 Å². The van der Waals surface area contributed by atoms with Crippen molar-refractivity contribution in [3.05, 3.63) is 72.1 Å². The third kappa shape index (κ3) is 6.33. The van der Waals surface area contributed by atoms with E-state index >= 15 is 0 Å². The van der Waals surface area contributed by atoms with Crippen molar-refractivity contribution in [3.8, 4) is 23.2 Å². The molecule has 12 nitrogen and oxygen atoms in total. The molecule has 0 spiro atoms. The summed E-state index contributed by atoms with van der Waals surface area (Å²) in [5.41, 5.74) is 10.9. The molecule has 0 aromatic carbocycles. The lowest BCUT2D eigenvalue weighted by molar-refractivity contribution is 0.0872. The van der Waals surface area contributed by atoms with Gasteiger partial charge in [0, 0.05) is 87.9 Å². The molecule has 0 radical (unpaired) electrons. The van der Waals surface area contributed by atoms with Gasteiger partial charge in [-0.3, -0.25) is 9.89 Å². The molecule has 4 aromatic rings. The molecule has 2 saturated heterocycles. The number of hydrogen-bond donors (Lipinski definition) is 1. The van der Waals surface area contributed by atoms with Crippen molar-refractivity contribution in [2.75, 3.05) is 51.4 Å². The van der Waals surface area contributed by atoms with Gasteiger partial charge in [0.15, 0.2) is 0 Å². The standard InChI is InChI=1S/C31H34N10O2/c1-42-29-5-2-22(16-36-29)20-39-8-10-40(11-9-39)28-4-3-23(17-35-28)30-31-25(15-33)19-37-41(31)21-27(38-30)24(14-32)18-34-26-6-12-43-13-7-26/h2-5,14,16-19,21,26H,6-13,20,32H2,1H3. The summed E-state index contributed by atoms with van der Waals surface area (Å²) in [6, 6.07) is 10.4. The van der Waals surface area contributed by atoms with Gasteiger partial charge >= 0.3 is 0 Å². The van der Waals surface area contributed by atoms with Gasteiger partial charge in [-0.05, 0) is 30.5 Å². The number of piperazine rings is 1. The smallest absolute Gasteiger partial charge is 0.212 e. The molecule has 12 heteroatoms. The van der Waals surface area contributed by atoms with Gasteiger partial charge in [0.05, 0.1) is 36.9 Å². The summed E-state index contributed by atoms with van der Waals surface area (Å²) in [4.78, 5) is 23.5. The lowest BCUT2D eigenvalue weighted by atomic mass is 10.1. The Kier molecular flexibility index (Phi) is 8.53. The van der Waals surface area contributed by atoms with Crippen LogP contribution in [0.3, 0.4) is 0 Å². The lowest BCUT2D eigenvalue weighted by Gasteiger charge is -2.35. The first kappa shape index (κ1) is 28.3. The van der Waals surface area contributed by atoms with Crippen molar-refractivity contribution in [1.82, 2.24) is 29.5 Å². The van der Waals surface area contributed by atoms with Crippen LogP contribution < -0.4 is 15.4 Å². The monoisotopic (exact) mass is 578 g/mol. The number of rotatable bonds is 8. The first-order valence-electron chi connectivity index (χ1n) is 14.4. The van der Waals surface area contributed by atoms with Gasteiger partial charge in [-0.1, -0.05) is 6.07 Å². The summed E-state index contributed by atoms with van der Waals surface area (Å²) >= 11 is 0. The normalized spacial score (nSPS) is 17.0. The Labute approximate surface area is 250 Å². The molecule has 0 unspecified atom stereocenters. The van der Waals surface area contributed by atoms with Crippen molar-refractivity contribution >= 4 is 23.1 Å². The molecular weight excluding hydrogens is 544 g/mol. The van der Waals surface area contributed by atoms with E-state index in [-0.39, 0.29) is 6.04 Å². The van der Waals surface area contributed by atoms with Crippen LogP contribution in [0.2, 0.25) is 0 Å². The molecule has 0 bridgehead atoms. The molecule has 2 N–H and O–H groups in total. The first-order valence-corrected chi connectivity index (χ1v) is 14.4. The third-order valence-electron chi connectivity index (χ3n) is 7.84. The van der Waals surface area contributed by atoms with E-state index in [2.05, 4.69) is 32.0 Å². The zero-order valence-corrected chi connectivity index (χ0v) is 24.1. The van der Waals surface area contributed by atoms with Crippen molar-refractivity contribution in [2.24, 2.45) is 10.7 Å². The molecule has 6 rings (SSSR count). The fourth-order valence-corrected chi connectivity index (χ4v) is 5.38. The highest BCUT2D eigenvalue weighted by atomic mass is 16.5. The molecule has 0 atom stereocenters. The Hall–Kier alpha value is -4.86. The predicted molar refractivity (Wildman–Crippen MR) is 164 cm³/mol. The van der Waals surface area contributed by atoms with Crippen LogP contribution in [0.25, 0.3) is 22.3 Å². The minimum Gasteiger partial charge on any atom is -0.481 e. The molecule has 2 aliphatic heterocycles. The van der Waals surface area contributed by atoms with E-state index in [1.54, 1.807) is 30.2 Å². The SMILES string of the molecule is COc1ccc(CN2CCN(c3ccc(-c4nc(C(C=NC5CCOCC5)=CN)cn5ncc(C#N)c45)cn3)CC2)cn1. The molecule has 4 aromatic heterocycles. The molecular formula is C31H34N10O2. The van der Waals surface area contributed by atoms with E-state index in [9.17, 15) is 5.26 Å². The highest BCUT2D eigenvalue weighted by molar-refractivity contribution is 6.09. The van der Waals surface area contributed by atoms with Gasteiger partial charge in [-0.25, -0.2) is 19.5 Å². The molecule has 220 valence electrons. The lowest BCUT2D eigenvalue weighted by Crippen LogP contribution is -2.46. The summed E-state index contributed by atoms with van der Waals surface area (Å²) in [6.07, 6.45) is 12.0. The van der Waals surface area contributed by atoms with Crippen LogP contribution in [0.4, 0.5) is 5.82 Å². The molecule has 0 amide bonds. The second-order valence-corrected chi connectivity index (χ2v) is 10.6. The molecule has 0 saturated carbocycles. The zero-order valence-electron chi connectivity index (χ0n) is 24.1. The van der Waals surface area contributed by atoms with Crippen molar-refractivity contribution in [3.63, 3.8) is 0 Å². The maximum Gasteiger partial charge on any atom is 0.212 e. The average Bonchev–Trinajstić information content (AvgIpc) is 3.49. The van der Waals surface area contributed by atoms with Gasteiger partial charge in [-0.15, -0.1) is 0 Å². The number of ether oxygens (including phenoxy) is 2. The fourth-order valence-electron chi connectivity index (χ4n) is 5.38. The Balaban J connectivity index is 1.19. The van der Waals surface area contributed by atoms with Crippen molar-refractivity contribution < 1.29 is 9.47 Å². The Morgan fingerprint density at radius 2 is 1.95 bits per heavy atom. The van der Waals surface area contributed by atoms with Crippen molar-refractivity contribution in [1.29, 1.82) is 5.26 Å². The van der Waals surface area contributed by atoms with Crippen LogP contribution in [0.1, 0.15) is 29.7 Å². The second kappa shape index (κ2) is 13.0. The van der Waals surface area contributed by atoms with Gasteiger partial charge in [-0.2, -0.15) is 10.4 Å². The number of pyridine rings is 2. The Bertz CT molecular complexity index is 1640. The van der Waals surface area contributed by atoms with Gasteiger partial charge in [0.1, 0.15) is 23.0 Å². The molecule has 0 aliphatic carbocycles. The van der Waals surface area contributed by atoms with E-state index in [0.717, 1.165) is 62.5 Å². The zero-order chi connectivity index (χ0) is 29.6. The van der Waals surface area contributed by atoms with E-state index in [0.29, 0.717) is 47.1 Å². The number of fused-ring (bicyclic) bond motifs is 1. The number of methoxy groups -OCH3 is 1. The number of nitriles is 1. The predicted octanol–water partition coefficient (Wildman–Crippen LogP) is 2.94. The topological polar surface area (TPSA) is 143 Å². The average molecular weight is 579 g/mol. The number of aromatic nitrogens is 5. The van der Waals surface area contributed by atoms with Crippen LogP contribution in [-0.2, 0) is 11.3 Å². The summed E-state index contributed by atoms with van der Waals surface area (Å²) in [5, 5.41) is 14.2. The van der Waals surface area contributed by atoms with Crippen LogP contribution in [-0.4, -0.2) is 88.2 Å². The quantitative estimate of drug-likeness (QED) is 0.310. The highest BCUT2D eigenvalue weighted by Gasteiger charge is 2.20. The van der Waals surface area contributed by atoms with Crippen LogP contribution in [0.15, 0.2) is 60.2 Å². The summed E-state index contributed by atoms with van der Waals surface area (Å²) in [7, 11) is 1.62. The highest BCUT2D eigenvalue weighted by Crippen LogP contribution is 2.28. The van der Waals surface area contributed by atoms with Crippen LogP contribution >= 0.6 is 0 Å². The third-order valence-corrected chi connectivity index (χ3v) is 7.84. The largest absolute Gasteiger partial charge is 0.481 e.